The molecule has 7 heteroatoms. The normalized spacial score (nSPS) is 18.9. The van der Waals surface area contributed by atoms with Gasteiger partial charge in [0.25, 0.3) is 0 Å². The minimum Gasteiger partial charge on any atom is -0.463 e. The Hall–Kier alpha value is -1.24. The van der Waals surface area contributed by atoms with Crippen LogP contribution < -0.4 is 15.0 Å². The molecule has 0 saturated carbocycles. The van der Waals surface area contributed by atoms with Crippen molar-refractivity contribution in [2.24, 2.45) is 0 Å². The molecule has 6 nitrogen and oxygen atoms in total. The van der Waals surface area contributed by atoms with E-state index in [1.807, 2.05) is 18.8 Å². The van der Waals surface area contributed by atoms with Gasteiger partial charge in [-0.3, -0.25) is 0 Å². The van der Waals surface area contributed by atoms with E-state index in [1.165, 1.54) is 6.42 Å². The molecule has 0 bridgehead atoms. The molecule has 1 aliphatic rings. The van der Waals surface area contributed by atoms with Gasteiger partial charge in [0.1, 0.15) is 0 Å². The Kier molecular flexibility index (Phi) is 5.70. The van der Waals surface area contributed by atoms with Gasteiger partial charge in [-0.05, 0) is 12.8 Å². The molecule has 1 fully saturated rings. The van der Waals surface area contributed by atoms with Gasteiger partial charge in [-0.1, -0.05) is 13.8 Å². The van der Waals surface area contributed by atoms with Gasteiger partial charge in [0.05, 0.1) is 6.61 Å². The highest BCUT2D eigenvalue weighted by molar-refractivity contribution is 8.00. The van der Waals surface area contributed by atoms with Crippen LogP contribution in [-0.2, 0) is 0 Å². The van der Waals surface area contributed by atoms with E-state index in [2.05, 4.69) is 39.0 Å². The first-order chi connectivity index (χ1) is 9.76. The predicted octanol–water partition coefficient (Wildman–Crippen LogP) is 2.03. The topological polar surface area (TPSA) is 63.2 Å². The van der Waals surface area contributed by atoms with Gasteiger partial charge < -0.3 is 15.0 Å². The standard InChI is InChI=1S/C13H23N5OS/c1-4-7-19-13-16-11(14-3)15-12(17-13)18-6-8-20-10(5-2)9-18/h10H,4-9H2,1-3H3,(H,14,15,16,17). The van der Waals surface area contributed by atoms with Crippen molar-refractivity contribution in [1.82, 2.24) is 15.0 Å². The van der Waals surface area contributed by atoms with Crippen LogP contribution in [0.1, 0.15) is 26.7 Å². The average Bonchev–Trinajstić information content (AvgIpc) is 2.52. The van der Waals surface area contributed by atoms with Crippen LogP contribution >= 0.6 is 11.8 Å². The predicted molar refractivity (Wildman–Crippen MR) is 83.9 cm³/mol. The molecule has 1 aromatic heterocycles. The Morgan fingerprint density at radius 1 is 1.35 bits per heavy atom. The Labute approximate surface area is 124 Å². The molecule has 2 heterocycles. The van der Waals surface area contributed by atoms with Crippen LogP contribution in [-0.4, -0.2) is 52.7 Å². The SMILES string of the molecule is CCCOc1nc(NC)nc(N2CCSC(CC)C2)n1. The Balaban J connectivity index is 2.16. The molecule has 1 aliphatic heterocycles. The molecule has 1 N–H and O–H groups in total. The summed E-state index contributed by atoms with van der Waals surface area (Å²) in [4.78, 5) is 15.4. The summed E-state index contributed by atoms with van der Waals surface area (Å²) in [6, 6.07) is 0.410. The lowest BCUT2D eigenvalue weighted by molar-refractivity contribution is 0.292. The van der Waals surface area contributed by atoms with E-state index in [0.717, 1.165) is 25.3 Å². The molecule has 1 atom stereocenters. The molecule has 112 valence electrons. The van der Waals surface area contributed by atoms with Gasteiger partial charge in [-0.15, -0.1) is 0 Å². The summed E-state index contributed by atoms with van der Waals surface area (Å²) in [6.45, 7) is 6.88. The van der Waals surface area contributed by atoms with Crippen molar-refractivity contribution in [3.8, 4) is 6.01 Å². The van der Waals surface area contributed by atoms with Crippen LogP contribution in [0.5, 0.6) is 6.01 Å². The molecular formula is C13H23N5OS. The van der Waals surface area contributed by atoms with Gasteiger partial charge >= 0.3 is 6.01 Å². The number of aromatic nitrogens is 3. The van der Waals surface area contributed by atoms with Gasteiger partial charge in [0.2, 0.25) is 11.9 Å². The maximum Gasteiger partial charge on any atom is 0.323 e. The fourth-order valence-electron chi connectivity index (χ4n) is 2.00. The second-order valence-corrected chi connectivity index (χ2v) is 6.10. The van der Waals surface area contributed by atoms with E-state index in [1.54, 1.807) is 0 Å². The maximum absolute atomic E-state index is 5.55. The van der Waals surface area contributed by atoms with Crippen molar-refractivity contribution in [3.05, 3.63) is 0 Å². The van der Waals surface area contributed by atoms with E-state index in [0.29, 0.717) is 29.8 Å². The third kappa shape index (κ3) is 3.88. The number of hydrogen-bond acceptors (Lipinski definition) is 7. The number of nitrogens with one attached hydrogen (secondary N) is 1. The maximum atomic E-state index is 5.55. The van der Waals surface area contributed by atoms with Crippen molar-refractivity contribution in [2.75, 3.05) is 42.7 Å². The zero-order valence-electron chi connectivity index (χ0n) is 12.4. The molecule has 1 unspecified atom stereocenters. The van der Waals surface area contributed by atoms with Gasteiger partial charge in [0.15, 0.2) is 0 Å². The summed E-state index contributed by atoms with van der Waals surface area (Å²) >= 11 is 2.03. The number of thioether (sulfide) groups is 1. The molecule has 0 aliphatic carbocycles. The number of nitrogens with zero attached hydrogens (tertiary/aromatic N) is 4. The summed E-state index contributed by atoms with van der Waals surface area (Å²) < 4.78 is 5.55. The Bertz CT molecular complexity index is 431. The van der Waals surface area contributed by atoms with Gasteiger partial charge in [-0.25, -0.2) is 0 Å². The van der Waals surface area contributed by atoms with E-state index < -0.39 is 0 Å². The minimum atomic E-state index is 0.410. The monoisotopic (exact) mass is 297 g/mol. The Morgan fingerprint density at radius 2 is 2.20 bits per heavy atom. The lowest BCUT2D eigenvalue weighted by Gasteiger charge is -2.31. The van der Waals surface area contributed by atoms with Crippen LogP contribution in [0.25, 0.3) is 0 Å². The second-order valence-electron chi connectivity index (χ2n) is 4.69. The first kappa shape index (κ1) is 15.2. The van der Waals surface area contributed by atoms with Crippen molar-refractivity contribution in [3.63, 3.8) is 0 Å². The van der Waals surface area contributed by atoms with Gasteiger partial charge in [0, 0.05) is 31.1 Å². The van der Waals surface area contributed by atoms with E-state index in [4.69, 9.17) is 4.74 Å². The second kappa shape index (κ2) is 7.52. The highest BCUT2D eigenvalue weighted by atomic mass is 32.2. The smallest absolute Gasteiger partial charge is 0.323 e. The fourth-order valence-corrected chi connectivity index (χ4v) is 3.19. The van der Waals surface area contributed by atoms with Crippen molar-refractivity contribution in [2.45, 2.75) is 31.9 Å². The molecule has 0 amide bonds. The van der Waals surface area contributed by atoms with Crippen molar-refractivity contribution in [1.29, 1.82) is 0 Å². The zero-order chi connectivity index (χ0) is 14.4. The summed E-state index contributed by atoms with van der Waals surface area (Å²) in [5.41, 5.74) is 0. The van der Waals surface area contributed by atoms with E-state index in [9.17, 15) is 0 Å². The number of rotatable bonds is 6. The van der Waals surface area contributed by atoms with Crippen LogP contribution in [0, 0.1) is 0 Å². The zero-order valence-corrected chi connectivity index (χ0v) is 13.2. The minimum absolute atomic E-state index is 0.410. The van der Waals surface area contributed by atoms with Crippen LogP contribution in [0.15, 0.2) is 0 Å². The summed E-state index contributed by atoms with van der Waals surface area (Å²) in [6.07, 6.45) is 2.11. The first-order valence-electron chi connectivity index (χ1n) is 7.20. The van der Waals surface area contributed by atoms with Gasteiger partial charge in [-0.2, -0.15) is 26.7 Å². The summed E-state index contributed by atoms with van der Waals surface area (Å²) in [5, 5.41) is 3.63. The number of hydrogen-bond donors (Lipinski definition) is 1. The summed E-state index contributed by atoms with van der Waals surface area (Å²) in [5.74, 6) is 2.39. The molecule has 0 aromatic carbocycles. The van der Waals surface area contributed by atoms with Crippen LogP contribution in [0.2, 0.25) is 0 Å². The summed E-state index contributed by atoms with van der Waals surface area (Å²) in [7, 11) is 1.81. The molecule has 0 spiro atoms. The molecule has 1 saturated heterocycles. The Morgan fingerprint density at radius 3 is 2.90 bits per heavy atom. The first-order valence-corrected chi connectivity index (χ1v) is 8.24. The molecular weight excluding hydrogens is 274 g/mol. The van der Waals surface area contributed by atoms with E-state index in [-0.39, 0.29) is 0 Å². The molecule has 2 rings (SSSR count). The third-order valence-electron chi connectivity index (χ3n) is 3.14. The molecule has 20 heavy (non-hydrogen) atoms. The van der Waals surface area contributed by atoms with Crippen LogP contribution in [0.4, 0.5) is 11.9 Å². The lowest BCUT2D eigenvalue weighted by atomic mass is 10.3. The van der Waals surface area contributed by atoms with Crippen molar-refractivity contribution >= 4 is 23.7 Å². The lowest BCUT2D eigenvalue weighted by Crippen LogP contribution is -2.38. The highest BCUT2D eigenvalue weighted by Gasteiger charge is 2.22. The molecule has 0 radical (unpaired) electrons. The number of ether oxygens (including phenoxy) is 1. The number of anilines is 2. The third-order valence-corrected chi connectivity index (χ3v) is 4.51. The fraction of sp³-hybridized carbons (Fsp3) is 0.769. The molecule has 1 aromatic rings. The van der Waals surface area contributed by atoms with Crippen LogP contribution in [0.3, 0.4) is 0 Å². The average molecular weight is 297 g/mol. The van der Waals surface area contributed by atoms with E-state index >= 15 is 0 Å². The largest absolute Gasteiger partial charge is 0.463 e. The van der Waals surface area contributed by atoms with Crippen molar-refractivity contribution < 1.29 is 4.74 Å². The quantitative estimate of drug-likeness (QED) is 0.862. The highest BCUT2D eigenvalue weighted by Crippen LogP contribution is 2.25.